The maximum absolute atomic E-state index is 13.3. The Morgan fingerprint density at radius 2 is 1.89 bits per heavy atom. The van der Waals surface area contributed by atoms with Crippen LogP contribution in [0.4, 0.5) is 17.6 Å². The fraction of sp³-hybridized carbons (Fsp3) is 0.0833. The molecule has 1 aromatic carbocycles. The molecule has 18 heavy (non-hydrogen) atoms. The lowest BCUT2D eigenvalue weighted by Crippen LogP contribution is -2.23. The van der Waals surface area contributed by atoms with Crippen LogP contribution in [0.1, 0.15) is 10.4 Å². The van der Waals surface area contributed by atoms with Gasteiger partial charge in [0.25, 0.3) is 5.78 Å². The van der Waals surface area contributed by atoms with Gasteiger partial charge in [0.05, 0.1) is 5.56 Å². The number of hydrogen-bond acceptors (Lipinski definition) is 2. The highest BCUT2D eigenvalue weighted by Gasteiger charge is 2.40. The number of Topliss-reactive ketones (excluding diaryl/α,β-unsaturated/α-hetero) is 1. The van der Waals surface area contributed by atoms with Gasteiger partial charge in [0.1, 0.15) is 5.82 Å². The van der Waals surface area contributed by atoms with E-state index < -0.39 is 23.3 Å². The first-order chi connectivity index (χ1) is 8.39. The van der Waals surface area contributed by atoms with Crippen LogP contribution >= 0.6 is 11.3 Å². The van der Waals surface area contributed by atoms with E-state index in [0.29, 0.717) is 10.4 Å². The summed E-state index contributed by atoms with van der Waals surface area (Å²) in [7, 11) is 0. The number of rotatable bonds is 2. The molecule has 0 amide bonds. The molecule has 0 aliphatic heterocycles. The van der Waals surface area contributed by atoms with Crippen LogP contribution in [0.15, 0.2) is 35.7 Å². The molecule has 0 aliphatic rings. The van der Waals surface area contributed by atoms with Crippen LogP contribution < -0.4 is 0 Å². The first-order valence-corrected chi connectivity index (χ1v) is 5.72. The van der Waals surface area contributed by atoms with Crippen molar-refractivity contribution < 1.29 is 22.4 Å². The van der Waals surface area contributed by atoms with Crippen LogP contribution in [0, 0.1) is 5.82 Å². The minimum Gasteiger partial charge on any atom is -0.284 e. The molecule has 0 fully saturated rings. The van der Waals surface area contributed by atoms with E-state index in [-0.39, 0.29) is 0 Å². The van der Waals surface area contributed by atoms with Gasteiger partial charge in [-0.2, -0.15) is 13.2 Å². The van der Waals surface area contributed by atoms with E-state index in [4.69, 9.17) is 0 Å². The number of alkyl halides is 3. The van der Waals surface area contributed by atoms with Gasteiger partial charge < -0.3 is 0 Å². The molecule has 0 saturated carbocycles. The quantitative estimate of drug-likeness (QED) is 0.589. The van der Waals surface area contributed by atoms with E-state index in [0.717, 1.165) is 12.1 Å². The second-order valence-electron chi connectivity index (χ2n) is 3.50. The molecule has 2 rings (SSSR count). The van der Waals surface area contributed by atoms with Crippen molar-refractivity contribution >= 4 is 17.1 Å². The van der Waals surface area contributed by atoms with Gasteiger partial charge in [-0.25, -0.2) is 4.39 Å². The van der Waals surface area contributed by atoms with Crippen molar-refractivity contribution in [2.45, 2.75) is 6.18 Å². The first kappa shape index (κ1) is 12.8. The number of carbonyl (C=O) groups excluding carboxylic acids is 1. The Labute approximate surface area is 104 Å². The summed E-state index contributed by atoms with van der Waals surface area (Å²) in [5.74, 6) is -3.34. The molecule has 0 bridgehead atoms. The molecule has 6 heteroatoms. The van der Waals surface area contributed by atoms with Gasteiger partial charge in [0.15, 0.2) is 0 Å². The Morgan fingerprint density at radius 1 is 1.17 bits per heavy atom. The first-order valence-electron chi connectivity index (χ1n) is 4.84. The molecule has 0 N–H and O–H groups in total. The fourth-order valence-corrected chi connectivity index (χ4v) is 2.17. The maximum Gasteiger partial charge on any atom is 0.454 e. The number of hydrogen-bond donors (Lipinski definition) is 0. The Morgan fingerprint density at radius 3 is 2.44 bits per heavy atom. The molecule has 0 saturated heterocycles. The third kappa shape index (κ3) is 2.43. The highest BCUT2D eigenvalue weighted by atomic mass is 32.1. The minimum atomic E-state index is -5.07. The summed E-state index contributed by atoms with van der Waals surface area (Å²) >= 11 is 1.29. The van der Waals surface area contributed by atoms with Gasteiger partial charge in [0, 0.05) is 4.88 Å². The van der Waals surface area contributed by atoms with E-state index in [1.807, 2.05) is 0 Å². The summed E-state index contributed by atoms with van der Waals surface area (Å²) in [4.78, 5) is 11.7. The fourth-order valence-electron chi connectivity index (χ4n) is 1.45. The zero-order chi connectivity index (χ0) is 13.3. The molecule has 0 spiro atoms. The van der Waals surface area contributed by atoms with E-state index in [9.17, 15) is 22.4 Å². The lowest BCUT2D eigenvalue weighted by Gasteiger charge is -2.07. The van der Waals surface area contributed by atoms with Crippen LogP contribution in [-0.4, -0.2) is 12.0 Å². The van der Waals surface area contributed by atoms with E-state index in [2.05, 4.69) is 0 Å². The SMILES string of the molecule is O=C(c1cc(-c2cccs2)ccc1F)C(F)(F)F. The van der Waals surface area contributed by atoms with E-state index >= 15 is 0 Å². The zero-order valence-corrected chi connectivity index (χ0v) is 9.61. The van der Waals surface area contributed by atoms with Crippen LogP contribution in [0.2, 0.25) is 0 Å². The van der Waals surface area contributed by atoms with Gasteiger partial charge in [-0.3, -0.25) is 4.79 Å². The molecule has 1 aromatic heterocycles. The standard InChI is InChI=1S/C12H6F4OS/c13-9-4-3-7(10-2-1-5-18-10)6-8(9)11(17)12(14,15)16/h1-6H. The molecule has 0 unspecified atom stereocenters. The van der Waals surface area contributed by atoms with E-state index in [1.54, 1.807) is 17.5 Å². The van der Waals surface area contributed by atoms with Gasteiger partial charge >= 0.3 is 6.18 Å². The average molecular weight is 274 g/mol. The topological polar surface area (TPSA) is 17.1 Å². The molecule has 1 heterocycles. The second kappa shape index (κ2) is 4.53. The molecule has 0 aliphatic carbocycles. The minimum absolute atomic E-state index is 0.388. The summed E-state index contributed by atoms with van der Waals surface area (Å²) in [6, 6.07) is 6.54. The highest BCUT2D eigenvalue weighted by Crippen LogP contribution is 2.29. The number of halogens is 4. The van der Waals surface area contributed by atoms with Crippen molar-refractivity contribution in [2.24, 2.45) is 0 Å². The number of carbonyl (C=O) groups is 1. The molecule has 0 radical (unpaired) electrons. The Hall–Kier alpha value is -1.69. The lowest BCUT2D eigenvalue weighted by molar-refractivity contribution is -0.0887. The number of thiophene rings is 1. The monoisotopic (exact) mass is 274 g/mol. The Balaban J connectivity index is 2.49. The summed E-state index contributed by atoms with van der Waals surface area (Å²) in [6.45, 7) is 0. The van der Waals surface area contributed by atoms with Crippen molar-refractivity contribution in [1.82, 2.24) is 0 Å². The van der Waals surface area contributed by atoms with E-state index in [1.165, 1.54) is 17.4 Å². The third-order valence-electron chi connectivity index (χ3n) is 2.27. The summed E-state index contributed by atoms with van der Waals surface area (Å²) < 4.78 is 50.1. The van der Waals surface area contributed by atoms with Gasteiger partial charge in [0.2, 0.25) is 0 Å². The normalized spacial score (nSPS) is 11.6. The molecule has 0 atom stereocenters. The van der Waals surface area contributed by atoms with Crippen molar-refractivity contribution in [1.29, 1.82) is 0 Å². The van der Waals surface area contributed by atoms with Crippen molar-refractivity contribution in [3.8, 4) is 10.4 Å². The van der Waals surface area contributed by atoms with Crippen molar-refractivity contribution in [3.63, 3.8) is 0 Å². The molecule has 2 aromatic rings. The predicted octanol–water partition coefficient (Wildman–Crippen LogP) is 4.30. The zero-order valence-electron chi connectivity index (χ0n) is 8.79. The molecular weight excluding hydrogens is 268 g/mol. The molecule has 94 valence electrons. The number of ketones is 1. The molecular formula is C12H6F4OS. The highest BCUT2D eigenvalue weighted by molar-refractivity contribution is 7.13. The van der Waals surface area contributed by atoms with Gasteiger partial charge in [-0.05, 0) is 29.1 Å². The summed E-state index contributed by atoms with van der Waals surface area (Å²) in [6.07, 6.45) is -5.07. The van der Waals surface area contributed by atoms with Crippen LogP contribution in [-0.2, 0) is 0 Å². The number of benzene rings is 1. The largest absolute Gasteiger partial charge is 0.454 e. The van der Waals surface area contributed by atoms with Crippen LogP contribution in [0.3, 0.4) is 0 Å². The Bertz CT molecular complexity index is 572. The average Bonchev–Trinajstić information content (AvgIpc) is 2.81. The Kier molecular flexibility index (Phi) is 3.21. The van der Waals surface area contributed by atoms with Crippen molar-refractivity contribution in [2.75, 3.05) is 0 Å². The summed E-state index contributed by atoms with van der Waals surface area (Å²) in [5.41, 5.74) is -0.563. The molecule has 1 nitrogen and oxygen atoms in total. The second-order valence-corrected chi connectivity index (χ2v) is 4.45. The smallest absolute Gasteiger partial charge is 0.284 e. The lowest BCUT2D eigenvalue weighted by atomic mass is 10.1. The van der Waals surface area contributed by atoms with Crippen LogP contribution in [0.5, 0.6) is 0 Å². The van der Waals surface area contributed by atoms with Crippen LogP contribution in [0.25, 0.3) is 10.4 Å². The maximum atomic E-state index is 13.3. The van der Waals surface area contributed by atoms with Gasteiger partial charge in [-0.15, -0.1) is 11.3 Å². The van der Waals surface area contributed by atoms with Crippen molar-refractivity contribution in [3.05, 3.63) is 47.1 Å². The predicted molar refractivity (Wildman–Crippen MR) is 60.1 cm³/mol. The van der Waals surface area contributed by atoms with Gasteiger partial charge in [-0.1, -0.05) is 12.1 Å². The summed E-state index contributed by atoms with van der Waals surface area (Å²) in [5, 5.41) is 1.74. The third-order valence-corrected chi connectivity index (χ3v) is 3.19.